The molecule has 0 unspecified atom stereocenters. The van der Waals surface area contributed by atoms with Crippen LogP contribution in [0.3, 0.4) is 0 Å². The number of ether oxygens (including phenoxy) is 1. The van der Waals surface area contributed by atoms with Crippen molar-refractivity contribution in [3.8, 4) is 0 Å². The minimum absolute atomic E-state index is 0.0770. The smallest absolute Gasteiger partial charge is 0.274 e. The fourth-order valence-electron chi connectivity index (χ4n) is 4.68. The molecule has 0 radical (unpaired) electrons. The average Bonchev–Trinajstić information content (AvgIpc) is 3.32. The van der Waals surface area contributed by atoms with Crippen molar-refractivity contribution in [1.82, 2.24) is 19.8 Å². The normalized spacial score (nSPS) is 18.2. The highest BCUT2D eigenvalue weighted by Gasteiger charge is 2.32. The zero-order chi connectivity index (χ0) is 24.4. The number of rotatable bonds is 5. The molecule has 2 aliphatic rings. The molecule has 35 heavy (non-hydrogen) atoms. The first kappa shape index (κ1) is 23.2. The van der Waals surface area contributed by atoms with Crippen LogP contribution < -0.4 is 5.32 Å². The second-order valence-electron chi connectivity index (χ2n) is 8.92. The first-order valence-corrected chi connectivity index (χ1v) is 11.7. The summed E-state index contributed by atoms with van der Waals surface area (Å²) in [6, 6.07) is 13.1. The lowest BCUT2D eigenvalue weighted by atomic mass is 9.95. The number of nitrogens with zero attached hydrogens (tertiary/aromatic N) is 3. The molecule has 3 aromatic rings. The summed E-state index contributed by atoms with van der Waals surface area (Å²) >= 11 is 0. The van der Waals surface area contributed by atoms with Gasteiger partial charge in [-0.2, -0.15) is 0 Å². The van der Waals surface area contributed by atoms with Gasteiger partial charge in [-0.1, -0.05) is 30.3 Å². The number of likely N-dealkylation sites (tertiary alicyclic amines) is 1. The molecular formula is C26H26F2N4O3. The molecule has 2 amide bonds. The lowest BCUT2D eigenvalue weighted by Crippen LogP contribution is -2.43. The Balaban J connectivity index is 1.15. The van der Waals surface area contributed by atoms with E-state index in [1.807, 2.05) is 34.9 Å². The molecule has 2 aromatic carbocycles. The van der Waals surface area contributed by atoms with Crippen LogP contribution in [-0.2, 0) is 29.2 Å². The van der Waals surface area contributed by atoms with E-state index in [1.165, 1.54) is 0 Å². The number of carbonyl (C=O) groups excluding carboxylic acids is 2. The van der Waals surface area contributed by atoms with Crippen molar-refractivity contribution in [2.45, 2.75) is 38.6 Å². The predicted octanol–water partition coefficient (Wildman–Crippen LogP) is 3.60. The Morgan fingerprint density at radius 2 is 1.86 bits per heavy atom. The fraction of sp³-hybridized carbons (Fsp3) is 0.346. The number of nitrogens with one attached hydrogen (secondary N) is 1. The monoisotopic (exact) mass is 480 g/mol. The number of hydrogen-bond donors (Lipinski definition) is 1. The van der Waals surface area contributed by atoms with E-state index in [4.69, 9.17) is 4.74 Å². The Morgan fingerprint density at radius 1 is 1.09 bits per heavy atom. The number of halogens is 2. The van der Waals surface area contributed by atoms with Crippen molar-refractivity contribution in [3.63, 3.8) is 0 Å². The molecule has 1 saturated heterocycles. The molecule has 1 atom stereocenters. The lowest BCUT2D eigenvalue weighted by Gasteiger charge is -2.31. The predicted molar refractivity (Wildman–Crippen MR) is 123 cm³/mol. The number of carbonyl (C=O) groups is 2. The molecule has 1 N–H and O–H groups in total. The van der Waals surface area contributed by atoms with Gasteiger partial charge in [0.2, 0.25) is 5.91 Å². The molecule has 5 rings (SSSR count). The van der Waals surface area contributed by atoms with Crippen molar-refractivity contribution in [1.29, 1.82) is 0 Å². The summed E-state index contributed by atoms with van der Waals surface area (Å²) in [5.41, 5.74) is 2.34. The highest BCUT2D eigenvalue weighted by molar-refractivity contribution is 5.93. The van der Waals surface area contributed by atoms with Crippen molar-refractivity contribution < 1.29 is 23.1 Å². The third kappa shape index (κ3) is 4.95. The van der Waals surface area contributed by atoms with Crippen LogP contribution in [0.2, 0.25) is 0 Å². The summed E-state index contributed by atoms with van der Waals surface area (Å²) in [7, 11) is 0. The molecule has 0 bridgehead atoms. The standard InChI is InChI=1S/C26H26F2N4O3/c27-20-6-7-21(28)19(12-20)13-29-25(33)18-8-10-31(11-9-18)26(34)24-22-15-35-23(14-32(22)16-30-24)17-4-2-1-3-5-17/h1-7,12,16,18,23H,8-11,13-15H2,(H,29,33)/t23-/m0/s1. The Labute approximate surface area is 201 Å². The maximum Gasteiger partial charge on any atom is 0.274 e. The van der Waals surface area contributed by atoms with Gasteiger partial charge in [-0.15, -0.1) is 0 Å². The average molecular weight is 481 g/mol. The van der Waals surface area contributed by atoms with Gasteiger partial charge >= 0.3 is 0 Å². The van der Waals surface area contributed by atoms with Crippen LogP contribution >= 0.6 is 0 Å². The molecule has 182 valence electrons. The lowest BCUT2D eigenvalue weighted by molar-refractivity contribution is -0.126. The number of amides is 2. The molecule has 1 fully saturated rings. The Morgan fingerprint density at radius 3 is 2.63 bits per heavy atom. The second kappa shape index (κ2) is 9.95. The fourth-order valence-corrected chi connectivity index (χ4v) is 4.68. The Bertz CT molecular complexity index is 1220. The minimum Gasteiger partial charge on any atom is -0.365 e. The van der Waals surface area contributed by atoms with E-state index < -0.39 is 11.6 Å². The molecule has 1 aromatic heterocycles. The maximum absolute atomic E-state index is 13.8. The summed E-state index contributed by atoms with van der Waals surface area (Å²) in [5, 5.41) is 2.69. The van der Waals surface area contributed by atoms with Crippen LogP contribution in [0.4, 0.5) is 8.78 Å². The topological polar surface area (TPSA) is 76.5 Å². The summed E-state index contributed by atoms with van der Waals surface area (Å²) in [4.78, 5) is 31.8. The highest BCUT2D eigenvalue weighted by atomic mass is 19.1. The Hall–Kier alpha value is -3.59. The summed E-state index contributed by atoms with van der Waals surface area (Å²) < 4.78 is 35.1. The van der Waals surface area contributed by atoms with Crippen LogP contribution in [0.1, 0.15) is 46.3 Å². The highest BCUT2D eigenvalue weighted by Crippen LogP contribution is 2.29. The van der Waals surface area contributed by atoms with Crippen molar-refractivity contribution in [2.75, 3.05) is 13.1 Å². The van der Waals surface area contributed by atoms with E-state index in [0.29, 0.717) is 44.8 Å². The molecule has 7 nitrogen and oxygen atoms in total. The van der Waals surface area contributed by atoms with Crippen LogP contribution in [0.15, 0.2) is 54.9 Å². The molecule has 3 heterocycles. The maximum atomic E-state index is 13.8. The molecule has 0 spiro atoms. The van der Waals surface area contributed by atoms with Gasteiger partial charge < -0.3 is 19.5 Å². The molecule has 2 aliphatic heterocycles. The number of imidazole rings is 1. The quantitative estimate of drug-likeness (QED) is 0.606. The van der Waals surface area contributed by atoms with Gasteiger partial charge in [0.25, 0.3) is 5.91 Å². The number of benzene rings is 2. The molecule has 0 aliphatic carbocycles. The number of hydrogen-bond acceptors (Lipinski definition) is 4. The number of fused-ring (bicyclic) bond motifs is 1. The van der Waals surface area contributed by atoms with Gasteiger partial charge in [0, 0.05) is 31.1 Å². The number of aromatic nitrogens is 2. The van der Waals surface area contributed by atoms with Gasteiger partial charge in [0.05, 0.1) is 25.2 Å². The van der Waals surface area contributed by atoms with E-state index in [-0.39, 0.29) is 35.9 Å². The van der Waals surface area contributed by atoms with Gasteiger partial charge in [0.1, 0.15) is 17.7 Å². The zero-order valence-electron chi connectivity index (χ0n) is 19.1. The SMILES string of the molecule is O=C(NCc1cc(F)ccc1F)C1CCN(C(=O)c2ncn3c2CO[C@H](c2ccccc2)C3)CC1. The van der Waals surface area contributed by atoms with Crippen LogP contribution in [-0.4, -0.2) is 39.4 Å². The van der Waals surface area contributed by atoms with E-state index in [0.717, 1.165) is 29.5 Å². The van der Waals surface area contributed by atoms with Crippen LogP contribution in [0, 0.1) is 17.6 Å². The summed E-state index contributed by atoms with van der Waals surface area (Å²) in [5.74, 6) is -1.79. The molecule has 0 saturated carbocycles. The second-order valence-corrected chi connectivity index (χ2v) is 8.92. The van der Waals surface area contributed by atoms with Crippen molar-refractivity contribution in [2.24, 2.45) is 5.92 Å². The number of piperidine rings is 1. The summed E-state index contributed by atoms with van der Waals surface area (Å²) in [6.07, 6.45) is 2.58. The van der Waals surface area contributed by atoms with Crippen LogP contribution in [0.25, 0.3) is 0 Å². The van der Waals surface area contributed by atoms with Crippen LogP contribution in [0.5, 0.6) is 0 Å². The van der Waals surface area contributed by atoms with E-state index in [9.17, 15) is 18.4 Å². The minimum atomic E-state index is -0.561. The van der Waals surface area contributed by atoms with E-state index in [1.54, 1.807) is 11.2 Å². The largest absolute Gasteiger partial charge is 0.365 e. The summed E-state index contributed by atoms with van der Waals surface area (Å²) in [6.45, 7) is 1.66. The Kier molecular flexibility index (Phi) is 6.59. The zero-order valence-corrected chi connectivity index (χ0v) is 19.1. The van der Waals surface area contributed by atoms with Crippen molar-refractivity contribution in [3.05, 3.63) is 89.0 Å². The van der Waals surface area contributed by atoms with Gasteiger partial charge in [-0.25, -0.2) is 13.8 Å². The van der Waals surface area contributed by atoms with Gasteiger partial charge in [0.15, 0.2) is 5.69 Å². The van der Waals surface area contributed by atoms with Gasteiger partial charge in [-0.05, 0) is 36.6 Å². The van der Waals surface area contributed by atoms with E-state index >= 15 is 0 Å². The third-order valence-corrected chi connectivity index (χ3v) is 6.72. The third-order valence-electron chi connectivity index (χ3n) is 6.72. The molecule has 9 heteroatoms. The molecular weight excluding hydrogens is 454 g/mol. The van der Waals surface area contributed by atoms with Gasteiger partial charge in [-0.3, -0.25) is 9.59 Å². The first-order chi connectivity index (χ1) is 17.0. The first-order valence-electron chi connectivity index (χ1n) is 11.7. The van der Waals surface area contributed by atoms with Crippen molar-refractivity contribution >= 4 is 11.8 Å². The van der Waals surface area contributed by atoms with E-state index in [2.05, 4.69) is 10.3 Å².